The minimum absolute atomic E-state index is 0.121. The molecular weight excluding hydrogens is 329 g/mol. The maximum atomic E-state index is 11.0. The minimum Gasteiger partial charge on any atom is -0.355 e. The largest absolute Gasteiger partial charge is 0.355 e. The SMILES string of the molecule is CCCCn1cc[n+](CCCNC(=O)CI)c1. The molecule has 96 valence electrons. The summed E-state index contributed by atoms with van der Waals surface area (Å²) < 4.78 is 4.93. The van der Waals surface area contributed by atoms with Crippen LogP contribution in [-0.2, 0) is 17.9 Å². The first kappa shape index (κ1) is 14.5. The number of aromatic nitrogens is 2. The Morgan fingerprint density at radius 2 is 2.29 bits per heavy atom. The number of rotatable bonds is 8. The summed E-state index contributed by atoms with van der Waals surface area (Å²) in [6.07, 6.45) is 9.76. The average Bonchev–Trinajstić information content (AvgIpc) is 2.79. The summed E-state index contributed by atoms with van der Waals surface area (Å²) >= 11 is 2.07. The molecule has 0 atom stereocenters. The van der Waals surface area contributed by atoms with E-state index < -0.39 is 0 Å². The van der Waals surface area contributed by atoms with Gasteiger partial charge >= 0.3 is 0 Å². The molecule has 5 heteroatoms. The van der Waals surface area contributed by atoms with Gasteiger partial charge in [0.1, 0.15) is 12.4 Å². The lowest BCUT2D eigenvalue weighted by atomic mass is 10.3. The van der Waals surface area contributed by atoms with Gasteiger partial charge in [-0.1, -0.05) is 35.9 Å². The van der Waals surface area contributed by atoms with Crippen LogP contribution in [0.2, 0.25) is 0 Å². The summed E-state index contributed by atoms with van der Waals surface area (Å²) in [5.74, 6) is 0.121. The minimum atomic E-state index is 0.121. The first-order valence-corrected chi connectivity index (χ1v) is 7.66. The van der Waals surface area contributed by atoms with Crippen molar-refractivity contribution in [3.8, 4) is 0 Å². The smallest absolute Gasteiger partial charge is 0.243 e. The van der Waals surface area contributed by atoms with Crippen molar-refractivity contribution in [2.75, 3.05) is 11.0 Å². The van der Waals surface area contributed by atoms with Crippen molar-refractivity contribution in [2.45, 2.75) is 39.3 Å². The number of halogens is 1. The van der Waals surface area contributed by atoms with Gasteiger partial charge in [-0.3, -0.25) is 4.79 Å². The second-order valence-corrected chi connectivity index (χ2v) is 4.84. The quantitative estimate of drug-likeness (QED) is 0.328. The predicted octanol–water partition coefficient (Wildman–Crippen LogP) is 1.52. The molecule has 1 rings (SSSR count). The van der Waals surface area contributed by atoms with E-state index in [0.29, 0.717) is 4.43 Å². The van der Waals surface area contributed by atoms with Gasteiger partial charge in [0.25, 0.3) is 0 Å². The van der Waals surface area contributed by atoms with Crippen LogP contribution in [0.15, 0.2) is 18.7 Å². The van der Waals surface area contributed by atoms with E-state index in [0.717, 1.165) is 26.1 Å². The van der Waals surface area contributed by atoms with Crippen molar-refractivity contribution in [3.05, 3.63) is 18.7 Å². The Morgan fingerprint density at radius 1 is 1.47 bits per heavy atom. The molecule has 1 heterocycles. The standard InChI is InChI=1S/C12H20IN3O/c1-2-3-6-15-8-9-16(11-15)7-4-5-14-12(17)10-13/h8-9,11H,2-7,10H2,1H3/p+1. The van der Waals surface area contributed by atoms with Gasteiger partial charge in [0.15, 0.2) is 0 Å². The van der Waals surface area contributed by atoms with Crippen molar-refractivity contribution in [3.63, 3.8) is 0 Å². The lowest BCUT2D eigenvalue weighted by Crippen LogP contribution is -2.34. The highest BCUT2D eigenvalue weighted by Crippen LogP contribution is 1.93. The third kappa shape index (κ3) is 6.05. The molecule has 0 aromatic carbocycles. The molecule has 0 saturated heterocycles. The molecule has 0 fully saturated rings. The Morgan fingerprint density at radius 3 is 3.00 bits per heavy atom. The van der Waals surface area contributed by atoms with Crippen LogP contribution in [-0.4, -0.2) is 21.4 Å². The van der Waals surface area contributed by atoms with Crippen LogP contribution < -0.4 is 9.88 Å². The predicted molar refractivity (Wildman–Crippen MR) is 76.0 cm³/mol. The van der Waals surface area contributed by atoms with Crippen molar-refractivity contribution in [2.24, 2.45) is 0 Å². The van der Waals surface area contributed by atoms with Crippen LogP contribution in [0.1, 0.15) is 26.2 Å². The zero-order chi connectivity index (χ0) is 12.5. The van der Waals surface area contributed by atoms with Gasteiger partial charge in [0.05, 0.1) is 17.5 Å². The van der Waals surface area contributed by atoms with Crippen LogP contribution in [0.4, 0.5) is 0 Å². The molecule has 1 N–H and O–H groups in total. The maximum Gasteiger partial charge on any atom is 0.243 e. The van der Waals surface area contributed by atoms with Crippen molar-refractivity contribution in [1.29, 1.82) is 0 Å². The monoisotopic (exact) mass is 350 g/mol. The van der Waals surface area contributed by atoms with E-state index in [2.05, 4.69) is 62.7 Å². The fraction of sp³-hybridized carbons (Fsp3) is 0.667. The summed E-state index contributed by atoms with van der Waals surface area (Å²) in [7, 11) is 0. The lowest BCUT2D eigenvalue weighted by Gasteiger charge is -2.00. The van der Waals surface area contributed by atoms with E-state index in [1.54, 1.807) is 0 Å². The zero-order valence-electron chi connectivity index (χ0n) is 10.4. The number of amides is 1. The van der Waals surface area contributed by atoms with E-state index in [4.69, 9.17) is 0 Å². The van der Waals surface area contributed by atoms with E-state index in [9.17, 15) is 4.79 Å². The third-order valence-corrected chi connectivity index (χ3v) is 3.25. The molecule has 0 spiro atoms. The van der Waals surface area contributed by atoms with Gasteiger partial charge in [-0.05, 0) is 6.42 Å². The lowest BCUT2D eigenvalue weighted by molar-refractivity contribution is -0.696. The number of imidazole rings is 1. The second-order valence-electron chi connectivity index (χ2n) is 4.08. The Labute approximate surface area is 117 Å². The Bertz CT molecular complexity index is 338. The zero-order valence-corrected chi connectivity index (χ0v) is 12.5. The summed E-state index contributed by atoms with van der Waals surface area (Å²) in [6, 6.07) is 0. The highest BCUT2D eigenvalue weighted by molar-refractivity contribution is 14.1. The molecule has 1 aromatic rings. The molecule has 0 aliphatic carbocycles. The number of alkyl halides is 1. The molecule has 0 bridgehead atoms. The first-order chi connectivity index (χ1) is 8.26. The van der Waals surface area contributed by atoms with E-state index in [1.165, 1.54) is 12.8 Å². The fourth-order valence-corrected chi connectivity index (χ4v) is 1.85. The van der Waals surface area contributed by atoms with Gasteiger partial charge < -0.3 is 5.32 Å². The van der Waals surface area contributed by atoms with Gasteiger partial charge in [-0.2, -0.15) is 0 Å². The van der Waals surface area contributed by atoms with E-state index in [-0.39, 0.29) is 5.91 Å². The molecular formula is C12H21IN3O+. The fourth-order valence-electron chi connectivity index (χ4n) is 1.58. The first-order valence-electron chi connectivity index (χ1n) is 6.13. The number of nitrogens with zero attached hydrogens (tertiary/aromatic N) is 2. The van der Waals surface area contributed by atoms with E-state index >= 15 is 0 Å². The molecule has 0 saturated carbocycles. The third-order valence-electron chi connectivity index (χ3n) is 2.55. The number of hydrogen-bond acceptors (Lipinski definition) is 1. The van der Waals surface area contributed by atoms with Crippen molar-refractivity contribution >= 4 is 28.5 Å². The number of carbonyl (C=O) groups is 1. The van der Waals surface area contributed by atoms with Crippen molar-refractivity contribution in [1.82, 2.24) is 9.88 Å². The number of carbonyl (C=O) groups excluding carboxylic acids is 1. The maximum absolute atomic E-state index is 11.0. The molecule has 4 nitrogen and oxygen atoms in total. The Kier molecular flexibility index (Phi) is 7.23. The molecule has 17 heavy (non-hydrogen) atoms. The van der Waals surface area contributed by atoms with Crippen LogP contribution in [0, 0.1) is 0 Å². The molecule has 0 unspecified atom stereocenters. The summed E-state index contributed by atoms with van der Waals surface area (Å²) in [5.41, 5.74) is 0. The topological polar surface area (TPSA) is 37.9 Å². The Balaban J connectivity index is 2.18. The summed E-state index contributed by atoms with van der Waals surface area (Å²) in [5, 5.41) is 2.88. The van der Waals surface area contributed by atoms with Gasteiger partial charge in [-0.25, -0.2) is 9.13 Å². The molecule has 0 radical (unpaired) electrons. The highest BCUT2D eigenvalue weighted by Gasteiger charge is 2.03. The second kappa shape index (κ2) is 8.49. The molecule has 0 aliphatic rings. The van der Waals surface area contributed by atoms with Crippen LogP contribution in [0.5, 0.6) is 0 Å². The van der Waals surface area contributed by atoms with Gasteiger partial charge in [0.2, 0.25) is 12.2 Å². The van der Waals surface area contributed by atoms with Gasteiger partial charge in [0, 0.05) is 13.0 Å². The van der Waals surface area contributed by atoms with Crippen molar-refractivity contribution < 1.29 is 9.36 Å². The highest BCUT2D eigenvalue weighted by atomic mass is 127. The number of hydrogen-bond donors (Lipinski definition) is 1. The molecule has 1 aromatic heterocycles. The normalized spacial score (nSPS) is 10.5. The summed E-state index contributed by atoms with van der Waals surface area (Å²) in [4.78, 5) is 11.0. The Hall–Kier alpha value is -0.590. The number of aryl methyl sites for hydroxylation is 2. The van der Waals surface area contributed by atoms with Gasteiger partial charge in [-0.15, -0.1) is 0 Å². The van der Waals surface area contributed by atoms with Crippen LogP contribution in [0.3, 0.4) is 0 Å². The molecule has 1 amide bonds. The average molecular weight is 350 g/mol. The summed E-state index contributed by atoms with van der Waals surface area (Å²) in [6.45, 7) is 5.01. The van der Waals surface area contributed by atoms with Crippen LogP contribution in [0.25, 0.3) is 0 Å². The van der Waals surface area contributed by atoms with Crippen LogP contribution >= 0.6 is 22.6 Å². The number of unbranched alkanes of at least 4 members (excludes halogenated alkanes) is 1. The van der Waals surface area contributed by atoms with E-state index in [1.807, 2.05) is 0 Å². The molecule has 0 aliphatic heterocycles. The number of nitrogens with one attached hydrogen (secondary N) is 1.